The van der Waals surface area contributed by atoms with Crippen molar-refractivity contribution in [3.63, 3.8) is 0 Å². The van der Waals surface area contributed by atoms with Gasteiger partial charge in [0.25, 0.3) is 0 Å². The smallest absolute Gasteiger partial charge is 0.242 e. The van der Waals surface area contributed by atoms with Crippen molar-refractivity contribution in [2.45, 2.75) is 0 Å². The van der Waals surface area contributed by atoms with E-state index in [0.29, 0.717) is 17.4 Å². The normalized spacial score (nSPS) is 10.4. The molecule has 3 aromatic rings. The van der Waals surface area contributed by atoms with Crippen molar-refractivity contribution in [2.24, 2.45) is 0 Å². The summed E-state index contributed by atoms with van der Waals surface area (Å²) in [6, 6.07) is 9.73. The molecule has 6 heteroatoms. The first kappa shape index (κ1) is 12.2. The molecule has 3 N–H and O–H groups in total. The van der Waals surface area contributed by atoms with Gasteiger partial charge in [-0.25, -0.2) is 4.98 Å². The fourth-order valence-corrected chi connectivity index (χ4v) is 1.93. The fourth-order valence-electron chi connectivity index (χ4n) is 1.93. The zero-order chi connectivity index (χ0) is 13.9. The Morgan fingerprint density at radius 3 is 2.90 bits per heavy atom. The van der Waals surface area contributed by atoms with Crippen LogP contribution in [-0.4, -0.2) is 22.1 Å². The van der Waals surface area contributed by atoms with Gasteiger partial charge in [0.05, 0.1) is 12.6 Å². The molecule has 20 heavy (non-hydrogen) atoms. The van der Waals surface area contributed by atoms with Gasteiger partial charge in [-0.3, -0.25) is 4.98 Å². The van der Waals surface area contributed by atoms with Crippen molar-refractivity contribution in [3.8, 4) is 5.88 Å². The molecule has 100 valence electrons. The highest BCUT2D eigenvalue weighted by Crippen LogP contribution is 2.28. The molecule has 0 bridgehead atoms. The van der Waals surface area contributed by atoms with E-state index in [2.05, 4.69) is 20.3 Å². The largest absolute Gasteiger partial charge is 0.479 e. The highest BCUT2D eigenvalue weighted by molar-refractivity contribution is 5.84. The second kappa shape index (κ2) is 5.00. The van der Waals surface area contributed by atoms with Crippen molar-refractivity contribution in [1.29, 1.82) is 0 Å². The highest BCUT2D eigenvalue weighted by Gasteiger charge is 2.08. The minimum Gasteiger partial charge on any atom is -0.479 e. The molecule has 0 aliphatic carbocycles. The molecule has 0 atom stereocenters. The van der Waals surface area contributed by atoms with Crippen LogP contribution in [0.5, 0.6) is 5.88 Å². The van der Waals surface area contributed by atoms with E-state index in [9.17, 15) is 0 Å². The summed E-state index contributed by atoms with van der Waals surface area (Å²) in [4.78, 5) is 12.3. The van der Waals surface area contributed by atoms with Gasteiger partial charge in [0.1, 0.15) is 12.0 Å². The zero-order valence-corrected chi connectivity index (χ0v) is 10.9. The van der Waals surface area contributed by atoms with Gasteiger partial charge in [0.15, 0.2) is 5.82 Å². The quantitative estimate of drug-likeness (QED) is 0.757. The molecule has 6 nitrogen and oxygen atoms in total. The lowest BCUT2D eigenvalue weighted by molar-refractivity contribution is 0.399. The maximum Gasteiger partial charge on any atom is 0.242 e. The molecule has 0 amide bonds. The molecule has 1 aromatic carbocycles. The van der Waals surface area contributed by atoms with Crippen LogP contribution in [0.25, 0.3) is 10.9 Å². The fraction of sp³-hybridized carbons (Fsp3) is 0.0714. The number of nitrogens with two attached hydrogens (primary N) is 1. The lowest BCUT2D eigenvalue weighted by Gasteiger charge is -2.10. The van der Waals surface area contributed by atoms with Crippen LogP contribution >= 0.6 is 0 Å². The van der Waals surface area contributed by atoms with E-state index in [-0.39, 0.29) is 0 Å². The summed E-state index contributed by atoms with van der Waals surface area (Å²) < 4.78 is 5.07. The third-order valence-corrected chi connectivity index (χ3v) is 2.91. The minimum absolute atomic E-state index is 0.352. The number of nitrogens with zero attached hydrogens (tertiary/aromatic N) is 3. The number of nitrogens with one attached hydrogen (secondary N) is 1. The Bertz CT molecular complexity index is 759. The summed E-state index contributed by atoms with van der Waals surface area (Å²) in [6.07, 6.45) is 3.17. The first-order chi connectivity index (χ1) is 9.78. The van der Waals surface area contributed by atoms with E-state index in [0.717, 1.165) is 16.6 Å². The molecule has 2 heterocycles. The van der Waals surface area contributed by atoms with Crippen LogP contribution in [0.4, 0.5) is 17.2 Å². The number of fused-ring (bicyclic) bond motifs is 1. The molecular formula is C14H13N5O. The molecular weight excluding hydrogens is 254 g/mol. The number of hydrogen-bond donors (Lipinski definition) is 2. The molecule has 0 aliphatic rings. The number of nitrogen functional groups attached to an aromatic ring is 1. The Hall–Kier alpha value is -2.89. The molecule has 0 fully saturated rings. The van der Waals surface area contributed by atoms with Crippen LogP contribution in [0.1, 0.15) is 0 Å². The van der Waals surface area contributed by atoms with Crippen molar-refractivity contribution in [3.05, 3.63) is 42.9 Å². The number of anilines is 3. The summed E-state index contributed by atoms with van der Waals surface area (Å²) in [5.74, 6) is 0.866. The average molecular weight is 267 g/mol. The van der Waals surface area contributed by atoms with E-state index in [1.54, 1.807) is 6.20 Å². The SMILES string of the molecule is COc1ncnc(Nc2ccc3ncccc3c2)c1N. The number of rotatable bonds is 3. The molecule has 3 rings (SSSR count). The summed E-state index contributed by atoms with van der Waals surface area (Å²) in [7, 11) is 1.52. The van der Waals surface area contributed by atoms with Crippen LogP contribution in [0.3, 0.4) is 0 Å². The number of methoxy groups -OCH3 is 1. The topological polar surface area (TPSA) is 86.0 Å². The first-order valence-electron chi connectivity index (χ1n) is 6.04. The average Bonchev–Trinajstić information content (AvgIpc) is 2.49. The Labute approximate surface area is 115 Å². The van der Waals surface area contributed by atoms with Crippen LogP contribution in [-0.2, 0) is 0 Å². The zero-order valence-electron chi connectivity index (χ0n) is 10.9. The Balaban J connectivity index is 1.97. The number of aromatic nitrogens is 3. The maximum atomic E-state index is 5.93. The Morgan fingerprint density at radius 1 is 1.15 bits per heavy atom. The summed E-state index contributed by atoms with van der Waals surface area (Å²) in [5.41, 5.74) is 8.12. The van der Waals surface area contributed by atoms with Gasteiger partial charge in [-0.15, -0.1) is 0 Å². The lowest BCUT2D eigenvalue weighted by Crippen LogP contribution is -2.03. The molecule has 2 aromatic heterocycles. The monoisotopic (exact) mass is 267 g/mol. The molecule has 0 unspecified atom stereocenters. The number of hydrogen-bond acceptors (Lipinski definition) is 6. The van der Waals surface area contributed by atoms with Gasteiger partial charge in [-0.2, -0.15) is 4.98 Å². The van der Waals surface area contributed by atoms with Gasteiger partial charge in [-0.1, -0.05) is 6.07 Å². The van der Waals surface area contributed by atoms with Crippen LogP contribution in [0.2, 0.25) is 0 Å². The first-order valence-corrected chi connectivity index (χ1v) is 6.04. The van der Waals surface area contributed by atoms with Gasteiger partial charge in [0, 0.05) is 17.3 Å². The van der Waals surface area contributed by atoms with Crippen LogP contribution in [0.15, 0.2) is 42.9 Å². The van der Waals surface area contributed by atoms with E-state index >= 15 is 0 Å². The van der Waals surface area contributed by atoms with E-state index in [4.69, 9.17) is 10.5 Å². The second-order valence-corrected chi connectivity index (χ2v) is 4.18. The highest BCUT2D eigenvalue weighted by atomic mass is 16.5. The van der Waals surface area contributed by atoms with Crippen LogP contribution < -0.4 is 15.8 Å². The molecule has 0 radical (unpaired) electrons. The standard InChI is InChI=1S/C14H13N5O/c1-20-14-12(15)13(17-8-18-14)19-10-4-5-11-9(7-10)3-2-6-16-11/h2-8H,15H2,1H3,(H,17,18,19). The summed E-state index contributed by atoms with van der Waals surface area (Å²) >= 11 is 0. The second-order valence-electron chi connectivity index (χ2n) is 4.18. The molecule has 0 saturated carbocycles. The minimum atomic E-state index is 0.352. The van der Waals surface area contributed by atoms with Crippen molar-refractivity contribution >= 4 is 28.1 Å². The predicted molar refractivity (Wildman–Crippen MR) is 78.0 cm³/mol. The molecule has 0 saturated heterocycles. The number of ether oxygens (including phenoxy) is 1. The molecule has 0 spiro atoms. The Kier molecular flexibility index (Phi) is 3.04. The van der Waals surface area contributed by atoms with Crippen LogP contribution in [0, 0.1) is 0 Å². The van der Waals surface area contributed by atoms with Gasteiger partial charge >= 0.3 is 0 Å². The van der Waals surface area contributed by atoms with Gasteiger partial charge in [-0.05, 0) is 24.3 Å². The number of pyridine rings is 1. The predicted octanol–water partition coefficient (Wildman–Crippen LogP) is 2.36. The summed E-state index contributed by atoms with van der Waals surface area (Å²) in [5, 5.41) is 4.19. The van der Waals surface area contributed by atoms with Gasteiger partial charge in [0.2, 0.25) is 5.88 Å². The van der Waals surface area contributed by atoms with Crippen molar-refractivity contribution in [1.82, 2.24) is 15.0 Å². The van der Waals surface area contributed by atoms with Crippen molar-refractivity contribution < 1.29 is 4.74 Å². The third-order valence-electron chi connectivity index (χ3n) is 2.91. The van der Waals surface area contributed by atoms with Crippen molar-refractivity contribution in [2.75, 3.05) is 18.2 Å². The maximum absolute atomic E-state index is 5.93. The van der Waals surface area contributed by atoms with E-state index in [1.807, 2.05) is 30.3 Å². The van der Waals surface area contributed by atoms with Gasteiger partial charge < -0.3 is 15.8 Å². The summed E-state index contributed by atoms with van der Waals surface area (Å²) in [6.45, 7) is 0. The number of benzene rings is 1. The Morgan fingerprint density at radius 2 is 2.05 bits per heavy atom. The van der Waals surface area contributed by atoms with E-state index in [1.165, 1.54) is 13.4 Å². The van der Waals surface area contributed by atoms with E-state index < -0.39 is 0 Å². The third kappa shape index (κ3) is 2.18. The lowest BCUT2D eigenvalue weighted by atomic mass is 10.2. The molecule has 0 aliphatic heterocycles.